The van der Waals surface area contributed by atoms with Gasteiger partial charge in [0.15, 0.2) is 0 Å². The maximum atomic E-state index is 12.8. The highest BCUT2D eigenvalue weighted by molar-refractivity contribution is 9.10. The lowest BCUT2D eigenvalue weighted by Crippen LogP contribution is -2.31. The molecule has 0 saturated carbocycles. The maximum absolute atomic E-state index is 12.8. The summed E-state index contributed by atoms with van der Waals surface area (Å²) in [6, 6.07) is 12.8. The van der Waals surface area contributed by atoms with Gasteiger partial charge in [-0.1, -0.05) is 15.9 Å². The molecule has 0 aliphatic rings. The average Bonchev–Trinajstić information content (AvgIpc) is 2.44. The molecule has 0 saturated heterocycles. The van der Waals surface area contributed by atoms with E-state index in [0.29, 0.717) is 5.69 Å². The Hall–Kier alpha value is -1.88. The summed E-state index contributed by atoms with van der Waals surface area (Å²) in [5, 5.41) is 5.82. The summed E-state index contributed by atoms with van der Waals surface area (Å²) in [6.45, 7) is 1.76. The fraction of sp³-hybridized carbons (Fsp3) is 0.133. The SMILES string of the molecule is C[C@@H](Nc1ccc(Br)cc1)C(=O)Nc1ccc(F)cc1. The van der Waals surface area contributed by atoms with Crippen molar-refractivity contribution >= 4 is 33.2 Å². The molecular weight excluding hydrogens is 323 g/mol. The first-order chi connectivity index (χ1) is 9.54. The van der Waals surface area contributed by atoms with Crippen LogP contribution in [0, 0.1) is 5.82 Å². The smallest absolute Gasteiger partial charge is 0.246 e. The summed E-state index contributed by atoms with van der Waals surface area (Å²) in [5.41, 5.74) is 1.43. The molecule has 0 bridgehead atoms. The first-order valence-corrected chi connectivity index (χ1v) is 6.92. The average molecular weight is 337 g/mol. The van der Waals surface area contributed by atoms with Crippen LogP contribution >= 0.6 is 15.9 Å². The van der Waals surface area contributed by atoms with E-state index in [4.69, 9.17) is 0 Å². The number of anilines is 2. The predicted molar refractivity (Wildman–Crippen MR) is 82.3 cm³/mol. The quantitative estimate of drug-likeness (QED) is 0.885. The second kappa shape index (κ2) is 6.52. The molecule has 1 amide bonds. The van der Waals surface area contributed by atoms with Crippen molar-refractivity contribution in [2.45, 2.75) is 13.0 Å². The molecule has 0 fully saturated rings. The largest absolute Gasteiger partial charge is 0.374 e. The van der Waals surface area contributed by atoms with Crippen molar-refractivity contribution in [1.29, 1.82) is 0 Å². The number of nitrogens with one attached hydrogen (secondary N) is 2. The molecule has 2 rings (SSSR count). The molecule has 0 aliphatic carbocycles. The summed E-state index contributed by atoms with van der Waals surface area (Å²) >= 11 is 3.35. The van der Waals surface area contributed by atoms with Gasteiger partial charge in [-0.15, -0.1) is 0 Å². The minimum absolute atomic E-state index is 0.181. The van der Waals surface area contributed by atoms with Gasteiger partial charge in [0.1, 0.15) is 11.9 Å². The number of benzene rings is 2. The van der Waals surface area contributed by atoms with E-state index in [1.165, 1.54) is 24.3 Å². The lowest BCUT2D eigenvalue weighted by atomic mass is 10.2. The van der Waals surface area contributed by atoms with Gasteiger partial charge in [-0.05, 0) is 55.5 Å². The third-order valence-electron chi connectivity index (χ3n) is 2.73. The molecule has 1 atom stereocenters. The van der Waals surface area contributed by atoms with E-state index in [9.17, 15) is 9.18 Å². The second-order valence-corrected chi connectivity index (χ2v) is 5.28. The van der Waals surface area contributed by atoms with Crippen molar-refractivity contribution in [3.05, 3.63) is 58.8 Å². The van der Waals surface area contributed by atoms with Crippen LogP contribution in [0.25, 0.3) is 0 Å². The first-order valence-electron chi connectivity index (χ1n) is 6.13. The molecule has 104 valence electrons. The van der Waals surface area contributed by atoms with Crippen LogP contribution in [0.15, 0.2) is 53.0 Å². The first kappa shape index (κ1) is 14.5. The standard InChI is InChI=1S/C15H14BrFN2O/c1-10(18-13-6-2-11(16)3-7-13)15(20)19-14-8-4-12(17)5-9-14/h2-10,18H,1H3,(H,19,20)/t10-/m1/s1. The Morgan fingerprint density at radius 1 is 1.05 bits per heavy atom. The van der Waals surface area contributed by atoms with Gasteiger partial charge in [0.25, 0.3) is 0 Å². The summed E-state index contributed by atoms with van der Waals surface area (Å²) in [5.74, 6) is -0.511. The third-order valence-corrected chi connectivity index (χ3v) is 3.26. The Bertz CT molecular complexity index is 584. The zero-order chi connectivity index (χ0) is 14.5. The van der Waals surface area contributed by atoms with Crippen molar-refractivity contribution < 1.29 is 9.18 Å². The number of carbonyl (C=O) groups is 1. The van der Waals surface area contributed by atoms with Gasteiger partial charge in [-0.25, -0.2) is 4.39 Å². The van der Waals surface area contributed by atoms with Gasteiger partial charge in [-0.2, -0.15) is 0 Å². The van der Waals surface area contributed by atoms with Crippen LogP contribution in [-0.2, 0) is 4.79 Å². The van der Waals surface area contributed by atoms with E-state index < -0.39 is 6.04 Å². The Morgan fingerprint density at radius 3 is 2.20 bits per heavy atom. The maximum Gasteiger partial charge on any atom is 0.246 e. The molecule has 0 aromatic heterocycles. The topological polar surface area (TPSA) is 41.1 Å². The van der Waals surface area contributed by atoms with E-state index in [1.54, 1.807) is 6.92 Å². The van der Waals surface area contributed by atoms with Gasteiger partial charge in [0.05, 0.1) is 0 Å². The van der Waals surface area contributed by atoms with E-state index in [2.05, 4.69) is 26.6 Å². The van der Waals surface area contributed by atoms with E-state index in [0.717, 1.165) is 10.2 Å². The van der Waals surface area contributed by atoms with Crippen LogP contribution in [0.4, 0.5) is 15.8 Å². The molecule has 0 aliphatic heterocycles. The summed E-state index contributed by atoms with van der Waals surface area (Å²) in [7, 11) is 0. The van der Waals surface area contributed by atoms with Crippen LogP contribution < -0.4 is 10.6 Å². The van der Waals surface area contributed by atoms with Gasteiger partial charge < -0.3 is 10.6 Å². The van der Waals surface area contributed by atoms with Crippen molar-refractivity contribution in [3.8, 4) is 0 Å². The monoisotopic (exact) mass is 336 g/mol. The van der Waals surface area contributed by atoms with Gasteiger partial charge in [-0.3, -0.25) is 4.79 Å². The Morgan fingerprint density at radius 2 is 1.60 bits per heavy atom. The molecule has 0 spiro atoms. The highest BCUT2D eigenvalue weighted by atomic mass is 79.9. The molecule has 0 unspecified atom stereocenters. The number of hydrogen-bond donors (Lipinski definition) is 2. The van der Waals surface area contributed by atoms with Crippen molar-refractivity contribution in [2.75, 3.05) is 10.6 Å². The third kappa shape index (κ3) is 4.06. The minimum atomic E-state index is -0.402. The van der Waals surface area contributed by atoms with E-state index in [-0.39, 0.29) is 11.7 Å². The van der Waals surface area contributed by atoms with Gasteiger partial charge in [0.2, 0.25) is 5.91 Å². The molecule has 5 heteroatoms. The number of hydrogen-bond acceptors (Lipinski definition) is 2. The van der Waals surface area contributed by atoms with Crippen LogP contribution in [-0.4, -0.2) is 11.9 Å². The van der Waals surface area contributed by atoms with Crippen molar-refractivity contribution in [3.63, 3.8) is 0 Å². The normalized spacial score (nSPS) is 11.8. The minimum Gasteiger partial charge on any atom is -0.374 e. The van der Waals surface area contributed by atoms with E-state index in [1.807, 2.05) is 24.3 Å². The number of halogens is 2. The number of amides is 1. The fourth-order valence-electron chi connectivity index (χ4n) is 1.65. The van der Waals surface area contributed by atoms with Crippen LogP contribution in [0.1, 0.15) is 6.92 Å². The Balaban J connectivity index is 1.94. The lowest BCUT2D eigenvalue weighted by Gasteiger charge is -2.15. The van der Waals surface area contributed by atoms with Crippen LogP contribution in [0.5, 0.6) is 0 Å². The zero-order valence-electron chi connectivity index (χ0n) is 10.9. The summed E-state index contributed by atoms with van der Waals surface area (Å²) < 4.78 is 13.8. The highest BCUT2D eigenvalue weighted by Gasteiger charge is 2.12. The molecule has 0 radical (unpaired) electrons. The second-order valence-electron chi connectivity index (χ2n) is 4.37. The van der Waals surface area contributed by atoms with Crippen molar-refractivity contribution in [1.82, 2.24) is 0 Å². The molecule has 0 heterocycles. The lowest BCUT2D eigenvalue weighted by molar-refractivity contribution is -0.116. The van der Waals surface area contributed by atoms with Gasteiger partial charge >= 0.3 is 0 Å². The molecule has 20 heavy (non-hydrogen) atoms. The molecular formula is C15H14BrFN2O. The van der Waals surface area contributed by atoms with Crippen LogP contribution in [0.2, 0.25) is 0 Å². The van der Waals surface area contributed by atoms with Crippen LogP contribution in [0.3, 0.4) is 0 Å². The number of carbonyl (C=O) groups excluding carboxylic acids is 1. The van der Waals surface area contributed by atoms with Crippen molar-refractivity contribution in [2.24, 2.45) is 0 Å². The Labute approximate surface area is 125 Å². The Kier molecular flexibility index (Phi) is 4.74. The highest BCUT2D eigenvalue weighted by Crippen LogP contribution is 2.15. The number of rotatable bonds is 4. The van der Waals surface area contributed by atoms with E-state index >= 15 is 0 Å². The fourth-order valence-corrected chi connectivity index (χ4v) is 1.91. The molecule has 2 aromatic carbocycles. The summed E-state index contributed by atoms with van der Waals surface area (Å²) in [4.78, 5) is 12.0. The zero-order valence-corrected chi connectivity index (χ0v) is 12.4. The molecule has 2 aromatic rings. The predicted octanol–water partition coefficient (Wildman–Crippen LogP) is 4.03. The molecule has 3 nitrogen and oxygen atoms in total. The van der Waals surface area contributed by atoms with Gasteiger partial charge in [0, 0.05) is 15.8 Å². The summed E-state index contributed by atoms with van der Waals surface area (Å²) in [6.07, 6.45) is 0. The molecule has 2 N–H and O–H groups in total.